The van der Waals surface area contributed by atoms with Gasteiger partial charge in [0.25, 0.3) is 5.91 Å². The number of nitrogens with zero attached hydrogens (tertiary/aromatic N) is 3. The van der Waals surface area contributed by atoms with E-state index in [1.807, 2.05) is 31.2 Å². The first kappa shape index (κ1) is 25.2. The molecule has 4 aliphatic rings. The van der Waals surface area contributed by atoms with Gasteiger partial charge in [-0.3, -0.25) is 19.3 Å². The molecule has 0 unspecified atom stereocenters. The number of ether oxygens (including phenoxy) is 1. The van der Waals surface area contributed by atoms with E-state index in [0.29, 0.717) is 12.1 Å². The molecule has 2 amide bonds. The zero-order valence-corrected chi connectivity index (χ0v) is 21.7. The minimum absolute atomic E-state index is 0.0275. The summed E-state index contributed by atoms with van der Waals surface area (Å²) in [5, 5.41) is 3.08. The molecular weight excluding hydrogens is 456 g/mol. The van der Waals surface area contributed by atoms with Crippen molar-refractivity contribution in [3.63, 3.8) is 0 Å². The van der Waals surface area contributed by atoms with Gasteiger partial charge in [0, 0.05) is 49.9 Å². The lowest BCUT2D eigenvalue weighted by atomic mass is 9.95. The second kappa shape index (κ2) is 10.9. The maximum absolute atomic E-state index is 13.8. The molecule has 0 spiro atoms. The number of carbonyl (C=O) groups excluding carboxylic acids is 3. The van der Waals surface area contributed by atoms with E-state index in [1.165, 1.54) is 6.42 Å². The third-order valence-electron chi connectivity index (χ3n) is 8.55. The molecule has 0 radical (unpaired) electrons. The third kappa shape index (κ3) is 5.02. The first-order valence-electron chi connectivity index (χ1n) is 13.8. The van der Waals surface area contributed by atoms with Gasteiger partial charge in [-0.1, -0.05) is 26.7 Å². The van der Waals surface area contributed by atoms with Crippen molar-refractivity contribution in [2.75, 3.05) is 50.8 Å². The summed E-state index contributed by atoms with van der Waals surface area (Å²) in [6.45, 7) is 10.1. The summed E-state index contributed by atoms with van der Waals surface area (Å²) in [7, 11) is 0. The number of Topliss-reactive ketones (excluding diaryl/α,β-unsaturated/α-hetero) is 1. The average molecular weight is 497 g/mol. The molecule has 8 nitrogen and oxygen atoms in total. The van der Waals surface area contributed by atoms with Crippen LogP contribution in [0.5, 0.6) is 0 Å². The molecule has 0 bridgehead atoms. The number of carbonyl (C=O) groups is 3. The summed E-state index contributed by atoms with van der Waals surface area (Å²) < 4.78 is 5.68. The zero-order chi connectivity index (χ0) is 25.2. The first-order valence-corrected chi connectivity index (χ1v) is 13.8. The van der Waals surface area contributed by atoms with Gasteiger partial charge in [0.05, 0.1) is 6.10 Å². The largest absolute Gasteiger partial charge is 0.369 e. The molecule has 1 aromatic rings. The normalized spacial score (nSPS) is 27.9. The van der Waals surface area contributed by atoms with Crippen molar-refractivity contribution in [3.05, 3.63) is 29.8 Å². The van der Waals surface area contributed by atoms with Gasteiger partial charge in [0.1, 0.15) is 18.7 Å². The molecule has 1 aliphatic carbocycles. The number of piperazine rings is 1. The Morgan fingerprint density at radius 3 is 2.44 bits per heavy atom. The molecule has 4 fully saturated rings. The predicted octanol–water partition coefficient (Wildman–Crippen LogP) is 2.32. The van der Waals surface area contributed by atoms with Crippen LogP contribution >= 0.6 is 0 Å². The molecule has 5 rings (SSSR count). The van der Waals surface area contributed by atoms with Crippen molar-refractivity contribution in [3.8, 4) is 0 Å². The SMILES string of the molecule is CCCN1CCN(c2ccc(C(=O)N[C@H](C(=O)N3C[C@@H](C)[C@H]4OCC(=O)[C@H]43)C3CCCC3)cc2)CC1. The lowest BCUT2D eigenvalue weighted by Gasteiger charge is -2.36. The maximum Gasteiger partial charge on any atom is 0.251 e. The van der Waals surface area contributed by atoms with Crippen molar-refractivity contribution < 1.29 is 19.1 Å². The minimum Gasteiger partial charge on any atom is -0.369 e. The Hall–Kier alpha value is -2.45. The van der Waals surface area contributed by atoms with Gasteiger partial charge >= 0.3 is 0 Å². The Labute approximate surface area is 214 Å². The van der Waals surface area contributed by atoms with Crippen LogP contribution in [0.2, 0.25) is 0 Å². The summed E-state index contributed by atoms with van der Waals surface area (Å²) in [5.41, 5.74) is 1.69. The van der Waals surface area contributed by atoms with E-state index in [4.69, 9.17) is 4.74 Å². The van der Waals surface area contributed by atoms with Crippen LogP contribution in [0.4, 0.5) is 5.69 Å². The van der Waals surface area contributed by atoms with Gasteiger partial charge in [0.2, 0.25) is 5.91 Å². The van der Waals surface area contributed by atoms with Gasteiger partial charge < -0.3 is 19.9 Å². The molecule has 196 valence electrons. The molecule has 8 heteroatoms. The molecule has 3 heterocycles. The Kier molecular flexibility index (Phi) is 7.62. The number of anilines is 1. The fraction of sp³-hybridized carbons (Fsp3) is 0.679. The standard InChI is InChI=1S/C28H40N4O4/c1-3-12-30-13-15-31(16-14-30)22-10-8-21(9-11-22)27(34)29-24(20-6-4-5-7-20)28(35)32-17-19(2)26-25(32)23(33)18-36-26/h8-11,19-20,24-26H,3-7,12-18H2,1-2H3,(H,29,34)/t19-,24+,25-,26-/m1/s1. The molecule has 4 atom stereocenters. The van der Waals surface area contributed by atoms with E-state index in [-0.39, 0.29) is 42.1 Å². The molecule has 0 aromatic heterocycles. The molecule has 36 heavy (non-hydrogen) atoms. The summed E-state index contributed by atoms with van der Waals surface area (Å²) in [4.78, 5) is 46.1. The number of amides is 2. The predicted molar refractivity (Wildman–Crippen MR) is 138 cm³/mol. The smallest absolute Gasteiger partial charge is 0.251 e. The van der Waals surface area contributed by atoms with Crippen LogP contribution < -0.4 is 10.2 Å². The number of rotatable bonds is 7. The fourth-order valence-corrected chi connectivity index (χ4v) is 6.56. The Morgan fingerprint density at radius 1 is 1.08 bits per heavy atom. The summed E-state index contributed by atoms with van der Waals surface area (Å²) in [6.07, 6.45) is 4.92. The van der Waals surface area contributed by atoms with Crippen LogP contribution in [-0.2, 0) is 14.3 Å². The highest BCUT2D eigenvalue weighted by atomic mass is 16.5. The van der Waals surface area contributed by atoms with E-state index >= 15 is 0 Å². The molecular formula is C28H40N4O4. The van der Waals surface area contributed by atoms with Crippen LogP contribution in [0.3, 0.4) is 0 Å². The van der Waals surface area contributed by atoms with Crippen molar-refractivity contribution in [1.29, 1.82) is 0 Å². The zero-order valence-electron chi connectivity index (χ0n) is 21.7. The second-order valence-corrected chi connectivity index (χ2v) is 11.0. The number of benzene rings is 1. The monoisotopic (exact) mass is 496 g/mol. The molecule has 3 saturated heterocycles. The fourth-order valence-electron chi connectivity index (χ4n) is 6.56. The number of ketones is 1. The third-order valence-corrected chi connectivity index (χ3v) is 8.55. The van der Waals surface area contributed by atoms with Crippen molar-refractivity contribution in [2.24, 2.45) is 11.8 Å². The lowest BCUT2D eigenvalue weighted by Crippen LogP contribution is -2.54. The van der Waals surface area contributed by atoms with E-state index < -0.39 is 12.1 Å². The number of hydrogen-bond acceptors (Lipinski definition) is 6. The van der Waals surface area contributed by atoms with Gasteiger partial charge in [-0.2, -0.15) is 0 Å². The number of fused-ring (bicyclic) bond motifs is 1. The topological polar surface area (TPSA) is 82.2 Å². The van der Waals surface area contributed by atoms with E-state index in [0.717, 1.165) is 64.1 Å². The van der Waals surface area contributed by atoms with Crippen molar-refractivity contribution >= 4 is 23.3 Å². The van der Waals surface area contributed by atoms with Gasteiger partial charge in [0.15, 0.2) is 5.78 Å². The number of nitrogens with one attached hydrogen (secondary N) is 1. The molecule has 3 aliphatic heterocycles. The highest BCUT2D eigenvalue weighted by molar-refractivity contribution is 5.99. The molecule has 1 N–H and O–H groups in total. The Balaban J connectivity index is 1.26. The van der Waals surface area contributed by atoms with Gasteiger partial charge in [-0.05, 0) is 56.0 Å². The van der Waals surface area contributed by atoms with E-state index in [2.05, 4.69) is 22.0 Å². The van der Waals surface area contributed by atoms with Crippen LogP contribution in [0.15, 0.2) is 24.3 Å². The van der Waals surface area contributed by atoms with E-state index in [9.17, 15) is 14.4 Å². The number of hydrogen-bond donors (Lipinski definition) is 1. The summed E-state index contributed by atoms with van der Waals surface area (Å²) in [6, 6.07) is 6.63. The lowest BCUT2D eigenvalue weighted by molar-refractivity contribution is -0.139. The average Bonchev–Trinajstić information content (AvgIpc) is 3.63. The molecule has 1 saturated carbocycles. The van der Waals surface area contributed by atoms with Crippen LogP contribution in [0.25, 0.3) is 0 Å². The Bertz CT molecular complexity index is 953. The maximum atomic E-state index is 13.8. The first-order chi connectivity index (χ1) is 17.5. The second-order valence-electron chi connectivity index (χ2n) is 11.0. The molecule has 1 aromatic carbocycles. The highest BCUT2D eigenvalue weighted by Gasteiger charge is 2.52. The summed E-state index contributed by atoms with van der Waals surface area (Å²) >= 11 is 0. The van der Waals surface area contributed by atoms with Gasteiger partial charge in [-0.15, -0.1) is 0 Å². The van der Waals surface area contributed by atoms with Crippen molar-refractivity contribution in [1.82, 2.24) is 15.1 Å². The van der Waals surface area contributed by atoms with Gasteiger partial charge in [-0.25, -0.2) is 0 Å². The van der Waals surface area contributed by atoms with Crippen LogP contribution in [-0.4, -0.2) is 91.5 Å². The van der Waals surface area contributed by atoms with E-state index in [1.54, 1.807) is 4.90 Å². The van der Waals surface area contributed by atoms with Crippen LogP contribution in [0, 0.1) is 11.8 Å². The number of likely N-dealkylation sites (tertiary alicyclic amines) is 1. The van der Waals surface area contributed by atoms with Crippen molar-refractivity contribution in [2.45, 2.75) is 64.1 Å². The minimum atomic E-state index is -0.606. The van der Waals surface area contributed by atoms with Crippen LogP contribution in [0.1, 0.15) is 56.3 Å². The summed E-state index contributed by atoms with van der Waals surface area (Å²) in [5.74, 6) is -0.165. The Morgan fingerprint density at radius 2 is 1.78 bits per heavy atom. The quantitative estimate of drug-likeness (QED) is 0.624. The highest BCUT2D eigenvalue weighted by Crippen LogP contribution is 2.35.